The molecule has 8 nitrogen and oxygen atoms in total. The van der Waals surface area contributed by atoms with Gasteiger partial charge in [0.1, 0.15) is 27.4 Å². The summed E-state index contributed by atoms with van der Waals surface area (Å²) in [4.78, 5) is 7.55. The van der Waals surface area contributed by atoms with E-state index in [0.717, 1.165) is 12.5 Å². The molecule has 0 aliphatic heterocycles. The third-order valence-electron chi connectivity index (χ3n) is 4.41. The molecule has 1 fully saturated rings. The summed E-state index contributed by atoms with van der Waals surface area (Å²) < 4.78 is 75.5. The summed E-state index contributed by atoms with van der Waals surface area (Å²) in [6, 6.07) is 4.07. The molecule has 3 rings (SSSR count). The van der Waals surface area contributed by atoms with E-state index >= 15 is 0 Å². The molecular weight excluding hydrogens is 440 g/mol. The highest BCUT2D eigenvalue weighted by Crippen LogP contribution is 2.37. The van der Waals surface area contributed by atoms with Gasteiger partial charge in [-0.2, -0.15) is 18.2 Å². The van der Waals surface area contributed by atoms with E-state index in [1.54, 1.807) is 18.2 Å². The molecule has 1 saturated carbocycles. The molecule has 0 saturated heterocycles. The van der Waals surface area contributed by atoms with E-state index in [0.29, 0.717) is 23.1 Å². The molecule has 1 aromatic heterocycles. The van der Waals surface area contributed by atoms with Crippen LogP contribution in [0.25, 0.3) is 0 Å². The lowest BCUT2D eigenvalue weighted by atomic mass is 10.1. The third kappa shape index (κ3) is 6.03. The van der Waals surface area contributed by atoms with Gasteiger partial charge in [0.25, 0.3) is 0 Å². The molecule has 1 aromatic carbocycles. The van der Waals surface area contributed by atoms with E-state index < -0.39 is 39.6 Å². The lowest BCUT2D eigenvalue weighted by molar-refractivity contribution is -0.137. The van der Waals surface area contributed by atoms with E-state index in [2.05, 4.69) is 25.9 Å². The maximum atomic E-state index is 13.2. The van der Waals surface area contributed by atoms with Crippen molar-refractivity contribution in [1.29, 1.82) is 5.41 Å². The number of nitrogens with one attached hydrogen (secondary N) is 4. The van der Waals surface area contributed by atoms with Crippen molar-refractivity contribution in [2.75, 3.05) is 34.5 Å². The van der Waals surface area contributed by atoms with Gasteiger partial charge in [0.05, 0.1) is 17.5 Å². The van der Waals surface area contributed by atoms with Crippen LogP contribution in [0.2, 0.25) is 0 Å². The lowest BCUT2D eigenvalue weighted by Gasteiger charge is -2.16. The number of anilines is 4. The Kier molecular flexibility index (Phi) is 6.34. The Morgan fingerprint density at radius 3 is 2.55 bits per heavy atom. The first-order valence-corrected chi connectivity index (χ1v) is 11.2. The lowest BCUT2D eigenvalue weighted by Crippen LogP contribution is -2.17. The molecule has 0 radical (unpaired) electrons. The van der Waals surface area contributed by atoms with Gasteiger partial charge >= 0.3 is 6.18 Å². The Balaban J connectivity index is 1.85. The second-order valence-electron chi connectivity index (χ2n) is 7.05. The summed E-state index contributed by atoms with van der Waals surface area (Å²) in [7, 11) is -3.18. The average molecular weight is 460 g/mol. The SMILES string of the molecule is CS(=O)(=O)CCNc1cccc(Nc2ncc(C(F)(F)F)c(NC3C[C@@H]3F)n2)c1C=N. The van der Waals surface area contributed by atoms with Crippen LogP contribution in [0.3, 0.4) is 0 Å². The molecule has 0 spiro atoms. The number of aromatic nitrogens is 2. The van der Waals surface area contributed by atoms with Crippen LogP contribution in [0.1, 0.15) is 17.5 Å². The Morgan fingerprint density at radius 2 is 1.97 bits per heavy atom. The van der Waals surface area contributed by atoms with Gasteiger partial charge in [-0.15, -0.1) is 0 Å². The molecule has 0 bridgehead atoms. The first-order valence-electron chi connectivity index (χ1n) is 9.15. The minimum Gasteiger partial charge on any atom is -0.383 e. The second-order valence-corrected chi connectivity index (χ2v) is 9.31. The zero-order chi connectivity index (χ0) is 22.8. The highest BCUT2D eigenvalue weighted by Gasteiger charge is 2.41. The van der Waals surface area contributed by atoms with Crippen LogP contribution in [0.5, 0.6) is 0 Å². The van der Waals surface area contributed by atoms with Crippen LogP contribution in [-0.4, -0.2) is 55.4 Å². The molecule has 13 heteroatoms. The predicted octanol–water partition coefficient (Wildman–Crippen LogP) is 3.22. The maximum Gasteiger partial charge on any atom is 0.421 e. The summed E-state index contributed by atoms with van der Waals surface area (Å²) in [6.45, 7) is 0.111. The Morgan fingerprint density at radius 1 is 1.29 bits per heavy atom. The Hall–Kier alpha value is -2.96. The van der Waals surface area contributed by atoms with Crippen molar-refractivity contribution >= 4 is 39.2 Å². The van der Waals surface area contributed by atoms with Gasteiger partial charge in [0.2, 0.25) is 5.95 Å². The van der Waals surface area contributed by atoms with Crippen molar-refractivity contribution in [2.24, 2.45) is 0 Å². The highest BCUT2D eigenvalue weighted by molar-refractivity contribution is 7.90. The van der Waals surface area contributed by atoms with Crippen molar-refractivity contribution in [2.45, 2.75) is 24.8 Å². The number of halogens is 4. The molecule has 31 heavy (non-hydrogen) atoms. The van der Waals surface area contributed by atoms with E-state index in [1.807, 2.05) is 0 Å². The molecule has 1 aliphatic carbocycles. The fraction of sp³-hybridized carbons (Fsp3) is 0.389. The largest absolute Gasteiger partial charge is 0.421 e. The maximum absolute atomic E-state index is 13.2. The monoisotopic (exact) mass is 460 g/mol. The summed E-state index contributed by atoms with van der Waals surface area (Å²) in [5.41, 5.74) is -0.00680. The van der Waals surface area contributed by atoms with Crippen LogP contribution < -0.4 is 16.0 Å². The number of alkyl halides is 4. The van der Waals surface area contributed by atoms with Crippen LogP contribution in [0.4, 0.5) is 40.7 Å². The molecule has 2 aromatic rings. The van der Waals surface area contributed by atoms with Gasteiger partial charge in [-0.3, -0.25) is 0 Å². The highest BCUT2D eigenvalue weighted by atomic mass is 32.2. The van der Waals surface area contributed by atoms with Crippen molar-refractivity contribution in [3.8, 4) is 0 Å². The minimum absolute atomic E-state index is 0.100. The normalized spacial score (nSPS) is 18.4. The van der Waals surface area contributed by atoms with Crippen LogP contribution in [0.15, 0.2) is 24.4 Å². The molecule has 4 N–H and O–H groups in total. The third-order valence-corrected chi connectivity index (χ3v) is 5.36. The van der Waals surface area contributed by atoms with E-state index in [4.69, 9.17) is 5.41 Å². The van der Waals surface area contributed by atoms with Crippen molar-refractivity contribution < 1.29 is 26.0 Å². The van der Waals surface area contributed by atoms with Crippen molar-refractivity contribution in [3.63, 3.8) is 0 Å². The van der Waals surface area contributed by atoms with Gasteiger partial charge < -0.3 is 21.4 Å². The number of sulfone groups is 1. The van der Waals surface area contributed by atoms with Crippen LogP contribution >= 0.6 is 0 Å². The molecular formula is C18H20F4N6O2S. The summed E-state index contributed by atoms with van der Waals surface area (Å²) >= 11 is 0. The quantitative estimate of drug-likeness (QED) is 0.335. The molecule has 168 valence electrons. The second kappa shape index (κ2) is 8.65. The predicted molar refractivity (Wildman–Crippen MR) is 110 cm³/mol. The zero-order valence-electron chi connectivity index (χ0n) is 16.3. The summed E-state index contributed by atoms with van der Waals surface area (Å²) in [5.74, 6) is -0.826. The smallest absolute Gasteiger partial charge is 0.383 e. The molecule has 0 amide bonds. The fourth-order valence-electron chi connectivity index (χ4n) is 2.72. The Bertz CT molecular complexity index is 1080. The summed E-state index contributed by atoms with van der Waals surface area (Å²) in [5, 5.41) is 15.8. The average Bonchev–Trinajstić information content (AvgIpc) is 3.34. The van der Waals surface area contributed by atoms with E-state index in [-0.39, 0.29) is 24.7 Å². The first-order chi connectivity index (χ1) is 14.5. The molecule has 2 atom stereocenters. The van der Waals surface area contributed by atoms with Gasteiger partial charge in [0.15, 0.2) is 0 Å². The minimum atomic E-state index is -4.72. The van der Waals surface area contributed by atoms with E-state index in [1.165, 1.54) is 0 Å². The van der Waals surface area contributed by atoms with Crippen LogP contribution in [0, 0.1) is 5.41 Å². The summed E-state index contributed by atoms with van der Waals surface area (Å²) in [6.07, 6.45) is -3.14. The van der Waals surface area contributed by atoms with Gasteiger partial charge in [-0.05, 0) is 12.1 Å². The van der Waals surface area contributed by atoms with Crippen molar-refractivity contribution in [1.82, 2.24) is 9.97 Å². The number of benzene rings is 1. The first kappa shape index (κ1) is 22.7. The zero-order valence-corrected chi connectivity index (χ0v) is 17.1. The van der Waals surface area contributed by atoms with Gasteiger partial charge in [-0.1, -0.05) is 6.07 Å². The van der Waals surface area contributed by atoms with E-state index in [9.17, 15) is 26.0 Å². The standard InChI is InChI=1S/C18H20F4N6O2S/c1-31(29,30)6-5-24-13-3-2-4-14(10(13)8-23)27-17-25-9-11(18(20,21)22)16(28-17)26-15-7-12(15)19/h2-4,8-9,12,15,23-24H,5-7H2,1H3,(H2,25,26,27,28)/t12-,15?/m0/s1. The van der Waals surface area contributed by atoms with Gasteiger partial charge in [-0.25, -0.2) is 17.8 Å². The van der Waals surface area contributed by atoms with Crippen molar-refractivity contribution in [3.05, 3.63) is 35.5 Å². The number of hydrogen-bond acceptors (Lipinski definition) is 8. The van der Waals surface area contributed by atoms with Crippen LogP contribution in [-0.2, 0) is 16.0 Å². The molecule has 1 heterocycles. The number of rotatable bonds is 9. The fourth-order valence-corrected chi connectivity index (χ4v) is 3.20. The molecule has 1 unspecified atom stereocenters. The topological polar surface area (TPSA) is 120 Å². The van der Waals surface area contributed by atoms with Gasteiger partial charge in [0, 0.05) is 42.9 Å². The Labute approximate surface area is 175 Å². The molecule has 1 aliphatic rings. The number of nitrogens with zero attached hydrogens (tertiary/aromatic N) is 2. The number of hydrogen-bond donors (Lipinski definition) is 4.